The Bertz CT molecular complexity index is 629. The summed E-state index contributed by atoms with van der Waals surface area (Å²) in [6.07, 6.45) is 0. The number of rotatable bonds is 5. The number of nitrogens with one attached hydrogen (secondary N) is 1. The zero-order valence-electron chi connectivity index (χ0n) is 11.1. The molecule has 0 spiro atoms. The Kier molecular flexibility index (Phi) is 4.71. The topological polar surface area (TPSA) is 55.2 Å². The highest BCUT2D eigenvalue weighted by Crippen LogP contribution is 2.21. The highest BCUT2D eigenvalue weighted by atomic mass is 35.5. The van der Waals surface area contributed by atoms with Crippen molar-refractivity contribution in [2.45, 2.75) is 20.0 Å². The summed E-state index contributed by atoms with van der Waals surface area (Å²) in [5.74, 6) is 0. The normalized spacial score (nSPS) is 10.5. The van der Waals surface area contributed by atoms with E-state index in [0.717, 1.165) is 5.56 Å². The van der Waals surface area contributed by atoms with E-state index in [-0.39, 0.29) is 5.69 Å². The Morgan fingerprint density at radius 2 is 2.00 bits per heavy atom. The zero-order chi connectivity index (χ0) is 14.5. The van der Waals surface area contributed by atoms with Gasteiger partial charge >= 0.3 is 0 Å². The quantitative estimate of drug-likeness (QED) is 0.672. The molecule has 4 nitrogen and oxygen atoms in total. The van der Waals surface area contributed by atoms with Crippen LogP contribution in [0.3, 0.4) is 0 Å². The van der Waals surface area contributed by atoms with Gasteiger partial charge in [0.1, 0.15) is 0 Å². The van der Waals surface area contributed by atoms with Crippen LogP contribution in [-0.4, -0.2) is 4.92 Å². The van der Waals surface area contributed by atoms with Gasteiger partial charge < -0.3 is 5.32 Å². The van der Waals surface area contributed by atoms with Gasteiger partial charge in [0, 0.05) is 30.2 Å². The van der Waals surface area contributed by atoms with Crippen molar-refractivity contribution in [3.05, 3.63) is 74.3 Å². The minimum atomic E-state index is -0.416. The Labute approximate surface area is 122 Å². The van der Waals surface area contributed by atoms with E-state index in [2.05, 4.69) is 11.4 Å². The predicted molar refractivity (Wildman–Crippen MR) is 79.8 cm³/mol. The zero-order valence-corrected chi connectivity index (χ0v) is 11.9. The fraction of sp³-hybridized carbons (Fsp3) is 0.200. The molecule has 0 saturated heterocycles. The molecule has 0 bridgehead atoms. The number of hydrogen-bond acceptors (Lipinski definition) is 3. The molecule has 0 amide bonds. The van der Waals surface area contributed by atoms with Crippen LogP contribution in [0, 0.1) is 17.0 Å². The van der Waals surface area contributed by atoms with Crippen molar-refractivity contribution in [1.82, 2.24) is 5.32 Å². The summed E-state index contributed by atoms with van der Waals surface area (Å²) in [6.45, 7) is 3.23. The molecule has 0 atom stereocenters. The van der Waals surface area contributed by atoms with Crippen LogP contribution in [0.15, 0.2) is 42.5 Å². The fourth-order valence-electron chi connectivity index (χ4n) is 1.97. The van der Waals surface area contributed by atoms with Gasteiger partial charge in [-0.25, -0.2) is 0 Å². The summed E-state index contributed by atoms with van der Waals surface area (Å²) in [6, 6.07) is 12.7. The van der Waals surface area contributed by atoms with E-state index in [1.165, 1.54) is 23.3 Å². The molecule has 0 saturated carbocycles. The number of hydrogen-bond donors (Lipinski definition) is 1. The van der Waals surface area contributed by atoms with E-state index >= 15 is 0 Å². The first kappa shape index (κ1) is 14.5. The summed E-state index contributed by atoms with van der Waals surface area (Å²) in [4.78, 5) is 10.3. The average Bonchev–Trinajstić information content (AvgIpc) is 2.40. The lowest BCUT2D eigenvalue weighted by atomic mass is 10.1. The van der Waals surface area contributed by atoms with Crippen molar-refractivity contribution in [2.24, 2.45) is 0 Å². The Morgan fingerprint density at radius 1 is 1.20 bits per heavy atom. The number of benzene rings is 2. The van der Waals surface area contributed by atoms with Gasteiger partial charge in [0.15, 0.2) is 0 Å². The summed E-state index contributed by atoms with van der Waals surface area (Å²) in [5.41, 5.74) is 3.17. The fourth-order valence-corrected chi connectivity index (χ4v) is 2.16. The number of non-ortho nitro benzene ring substituents is 1. The van der Waals surface area contributed by atoms with Crippen molar-refractivity contribution in [1.29, 1.82) is 0 Å². The molecule has 104 valence electrons. The largest absolute Gasteiger partial charge is 0.309 e. The molecule has 0 aliphatic rings. The van der Waals surface area contributed by atoms with E-state index in [0.29, 0.717) is 18.1 Å². The molecule has 2 aromatic carbocycles. The van der Waals surface area contributed by atoms with E-state index in [4.69, 9.17) is 11.6 Å². The Morgan fingerprint density at radius 3 is 2.70 bits per heavy atom. The maximum absolute atomic E-state index is 10.7. The second-order valence-electron chi connectivity index (χ2n) is 4.63. The smallest absolute Gasteiger partial charge is 0.269 e. The van der Waals surface area contributed by atoms with Gasteiger partial charge in [-0.05, 0) is 24.1 Å². The third kappa shape index (κ3) is 3.79. The molecule has 0 unspecified atom stereocenters. The van der Waals surface area contributed by atoms with Crippen molar-refractivity contribution >= 4 is 17.3 Å². The van der Waals surface area contributed by atoms with Crippen molar-refractivity contribution in [3.63, 3.8) is 0 Å². The van der Waals surface area contributed by atoms with Crippen molar-refractivity contribution < 1.29 is 4.92 Å². The summed E-state index contributed by atoms with van der Waals surface area (Å²) >= 11 is 6.05. The van der Waals surface area contributed by atoms with Crippen LogP contribution >= 0.6 is 11.6 Å². The highest BCUT2D eigenvalue weighted by Gasteiger charge is 2.09. The number of nitro benzene ring substituents is 1. The van der Waals surface area contributed by atoms with Crippen LogP contribution in [0.2, 0.25) is 5.02 Å². The first-order valence-electron chi connectivity index (χ1n) is 6.25. The molecule has 2 aromatic rings. The van der Waals surface area contributed by atoms with E-state index < -0.39 is 4.92 Å². The lowest BCUT2D eigenvalue weighted by Gasteiger charge is -2.07. The van der Waals surface area contributed by atoms with Crippen LogP contribution in [0.25, 0.3) is 0 Å². The van der Waals surface area contributed by atoms with Gasteiger partial charge in [0.25, 0.3) is 5.69 Å². The summed E-state index contributed by atoms with van der Waals surface area (Å²) in [7, 11) is 0. The van der Waals surface area contributed by atoms with Gasteiger partial charge in [-0.2, -0.15) is 0 Å². The molecule has 0 heterocycles. The SMILES string of the molecule is Cc1cccc(CNCc2cc([N+](=O)[O-])ccc2Cl)c1. The highest BCUT2D eigenvalue weighted by molar-refractivity contribution is 6.31. The standard InChI is InChI=1S/C15H15ClN2O2/c1-11-3-2-4-12(7-11)9-17-10-13-8-14(18(19)20)5-6-15(13)16/h2-8,17H,9-10H2,1H3. The first-order valence-corrected chi connectivity index (χ1v) is 6.63. The second kappa shape index (κ2) is 6.50. The van der Waals surface area contributed by atoms with Crippen LogP contribution in [0.5, 0.6) is 0 Å². The molecule has 0 fully saturated rings. The van der Waals surface area contributed by atoms with Gasteiger partial charge in [-0.1, -0.05) is 41.4 Å². The second-order valence-corrected chi connectivity index (χ2v) is 5.03. The molecular formula is C15H15ClN2O2. The molecule has 0 aliphatic carbocycles. The summed E-state index contributed by atoms with van der Waals surface area (Å²) < 4.78 is 0. The van der Waals surface area contributed by atoms with Crippen LogP contribution < -0.4 is 5.32 Å². The van der Waals surface area contributed by atoms with E-state index in [9.17, 15) is 10.1 Å². The Balaban J connectivity index is 2.00. The molecule has 0 radical (unpaired) electrons. The van der Waals surface area contributed by atoms with Crippen LogP contribution in [0.1, 0.15) is 16.7 Å². The lowest BCUT2D eigenvalue weighted by molar-refractivity contribution is -0.384. The molecule has 0 aromatic heterocycles. The number of halogens is 1. The Hall–Kier alpha value is -1.91. The molecule has 2 rings (SSSR count). The van der Waals surface area contributed by atoms with Crippen LogP contribution in [-0.2, 0) is 13.1 Å². The molecule has 0 aliphatic heterocycles. The predicted octanol–water partition coefficient (Wildman–Crippen LogP) is 3.85. The average molecular weight is 291 g/mol. The minimum Gasteiger partial charge on any atom is -0.309 e. The third-order valence-corrected chi connectivity index (χ3v) is 3.34. The lowest BCUT2D eigenvalue weighted by Crippen LogP contribution is -2.13. The third-order valence-electron chi connectivity index (χ3n) is 2.97. The van der Waals surface area contributed by atoms with Crippen molar-refractivity contribution in [2.75, 3.05) is 0 Å². The van der Waals surface area contributed by atoms with E-state index in [1.54, 1.807) is 6.07 Å². The van der Waals surface area contributed by atoms with E-state index in [1.807, 2.05) is 25.1 Å². The monoisotopic (exact) mass is 290 g/mol. The van der Waals surface area contributed by atoms with Crippen molar-refractivity contribution in [3.8, 4) is 0 Å². The molecule has 5 heteroatoms. The minimum absolute atomic E-state index is 0.0572. The van der Waals surface area contributed by atoms with Gasteiger partial charge in [-0.15, -0.1) is 0 Å². The van der Waals surface area contributed by atoms with Gasteiger partial charge in [0.05, 0.1) is 4.92 Å². The molecule has 20 heavy (non-hydrogen) atoms. The summed E-state index contributed by atoms with van der Waals surface area (Å²) in [5, 5.41) is 14.5. The molecular weight excluding hydrogens is 276 g/mol. The number of aryl methyl sites for hydroxylation is 1. The first-order chi connectivity index (χ1) is 9.56. The molecule has 1 N–H and O–H groups in total. The number of nitro groups is 1. The van der Waals surface area contributed by atoms with Crippen LogP contribution in [0.4, 0.5) is 5.69 Å². The maximum atomic E-state index is 10.7. The van der Waals surface area contributed by atoms with Gasteiger partial charge in [0.2, 0.25) is 0 Å². The number of nitrogens with zero attached hydrogens (tertiary/aromatic N) is 1. The van der Waals surface area contributed by atoms with Gasteiger partial charge in [-0.3, -0.25) is 10.1 Å². The maximum Gasteiger partial charge on any atom is 0.269 e.